The highest BCUT2D eigenvalue weighted by Crippen LogP contribution is 2.39. The van der Waals surface area contributed by atoms with Gasteiger partial charge in [-0.3, -0.25) is 9.69 Å². The van der Waals surface area contributed by atoms with Gasteiger partial charge in [0.05, 0.1) is 5.56 Å². The summed E-state index contributed by atoms with van der Waals surface area (Å²) in [6.45, 7) is 6.70. The third-order valence-electron chi connectivity index (χ3n) is 5.88. The fourth-order valence-electron chi connectivity index (χ4n) is 4.15. The van der Waals surface area contributed by atoms with E-state index in [1.54, 1.807) is 11.3 Å². The van der Waals surface area contributed by atoms with Crippen molar-refractivity contribution < 1.29 is 4.79 Å². The number of carbonyl (C=O) groups is 1. The van der Waals surface area contributed by atoms with E-state index < -0.39 is 0 Å². The van der Waals surface area contributed by atoms with E-state index in [0.29, 0.717) is 17.9 Å². The van der Waals surface area contributed by atoms with Gasteiger partial charge in [-0.1, -0.05) is 13.0 Å². The van der Waals surface area contributed by atoms with Crippen LogP contribution in [-0.2, 0) is 17.6 Å². The molecule has 2 aromatic rings. The Balaban J connectivity index is 1.28. The zero-order valence-corrected chi connectivity index (χ0v) is 17.7. The number of rotatable bonds is 5. The Labute approximate surface area is 176 Å². The van der Waals surface area contributed by atoms with E-state index in [0.717, 1.165) is 68.4 Å². The first-order valence-electron chi connectivity index (χ1n) is 10.4. The van der Waals surface area contributed by atoms with Gasteiger partial charge < -0.3 is 10.2 Å². The molecule has 1 unspecified atom stereocenters. The molecule has 3 heterocycles. The fraction of sp³-hybridized carbons (Fsp3) is 0.500. The third-order valence-corrected chi connectivity index (χ3v) is 7.05. The smallest absolute Gasteiger partial charge is 0.226 e. The Kier molecular flexibility index (Phi) is 6.12. The van der Waals surface area contributed by atoms with Crippen LogP contribution in [0.15, 0.2) is 24.4 Å². The molecule has 2 aliphatic rings. The van der Waals surface area contributed by atoms with Crippen LogP contribution < -0.4 is 10.2 Å². The molecule has 4 rings (SSSR count). The fourth-order valence-corrected chi connectivity index (χ4v) is 5.52. The second-order valence-electron chi connectivity index (χ2n) is 7.98. The van der Waals surface area contributed by atoms with Crippen LogP contribution in [-0.4, -0.2) is 48.5 Å². The normalized spacial score (nSPS) is 19.4. The summed E-state index contributed by atoms with van der Waals surface area (Å²) in [7, 11) is 0. The summed E-state index contributed by atoms with van der Waals surface area (Å²) in [5, 5.41) is 13.3. The van der Waals surface area contributed by atoms with Crippen molar-refractivity contribution in [3.63, 3.8) is 0 Å². The molecule has 0 spiro atoms. The number of thiophene rings is 1. The molecule has 0 radical (unpaired) electrons. The summed E-state index contributed by atoms with van der Waals surface area (Å²) in [4.78, 5) is 22.8. The molecule has 2 aromatic heterocycles. The predicted octanol–water partition coefficient (Wildman–Crippen LogP) is 3.29. The van der Waals surface area contributed by atoms with Gasteiger partial charge in [0.25, 0.3) is 0 Å². The average Bonchev–Trinajstić information content (AvgIpc) is 3.09. The number of nitrogens with zero attached hydrogens (tertiary/aromatic N) is 4. The Bertz CT molecular complexity index is 896. The van der Waals surface area contributed by atoms with E-state index in [1.807, 2.05) is 24.4 Å². The van der Waals surface area contributed by atoms with Crippen molar-refractivity contribution in [3.05, 3.63) is 40.4 Å². The topological polar surface area (TPSA) is 72.3 Å². The highest BCUT2D eigenvalue weighted by molar-refractivity contribution is 7.16. The molecule has 1 saturated heterocycles. The summed E-state index contributed by atoms with van der Waals surface area (Å²) >= 11 is 1.60. The average molecular weight is 410 g/mol. The molecule has 1 N–H and O–H groups in total. The minimum absolute atomic E-state index is 0.000279. The first-order valence-corrected chi connectivity index (χ1v) is 11.2. The molecule has 0 bridgehead atoms. The zero-order valence-electron chi connectivity index (χ0n) is 16.9. The summed E-state index contributed by atoms with van der Waals surface area (Å²) in [5.74, 6) is 1.67. The SMILES string of the molecule is CC1CCc2c(sc(NC(=O)CCN3CCN(c4ccccn4)CC3)c2C#N)C1. The van der Waals surface area contributed by atoms with Crippen LogP contribution in [0.2, 0.25) is 0 Å². The largest absolute Gasteiger partial charge is 0.354 e. The number of hydrogen-bond acceptors (Lipinski definition) is 6. The maximum Gasteiger partial charge on any atom is 0.226 e. The molecule has 0 aromatic carbocycles. The van der Waals surface area contributed by atoms with Gasteiger partial charge in [0.1, 0.15) is 16.9 Å². The van der Waals surface area contributed by atoms with E-state index in [-0.39, 0.29) is 5.91 Å². The Morgan fingerprint density at radius 1 is 1.34 bits per heavy atom. The van der Waals surface area contributed by atoms with Crippen LogP contribution >= 0.6 is 11.3 Å². The number of fused-ring (bicyclic) bond motifs is 1. The second kappa shape index (κ2) is 8.93. The van der Waals surface area contributed by atoms with E-state index in [4.69, 9.17) is 0 Å². The highest BCUT2D eigenvalue weighted by atomic mass is 32.1. The summed E-state index contributed by atoms with van der Waals surface area (Å²) in [5.41, 5.74) is 1.85. The van der Waals surface area contributed by atoms with Crippen molar-refractivity contribution in [2.75, 3.05) is 42.9 Å². The van der Waals surface area contributed by atoms with Gasteiger partial charge in [-0.05, 0) is 42.9 Å². The maximum atomic E-state index is 12.5. The van der Waals surface area contributed by atoms with Gasteiger partial charge in [-0.2, -0.15) is 5.26 Å². The number of carbonyl (C=O) groups excluding carboxylic acids is 1. The number of anilines is 2. The standard InChI is InChI=1S/C22H27N5OS/c1-16-5-6-17-18(15-23)22(29-19(17)14-16)25-21(28)7-9-26-10-12-27(13-11-26)20-4-2-3-8-24-20/h2-4,8,16H,5-7,9-14H2,1H3,(H,25,28). The summed E-state index contributed by atoms with van der Waals surface area (Å²) < 4.78 is 0. The van der Waals surface area contributed by atoms with Crippen LogP contribution in [0.4, 0.5) is 10.8 Å². The minimum atomic E-state index is 0.000279. The van der Waals surface area contributed by atoms with Gasteiger partial charge in [-0.15, -0.1) is 11.3 Å². The van der Waals surface area contributed by atoms with Crippen molar-refractivity contribution >= 4 is 28.1 Å². The number of amides is 1. The van der Waals surface area contributed by atoms with E-state index in [9.17, 15) is 10.1 Å². The summed E-state index contributed by atoms with van der Waals surface area (Å²) in [6.07, 6.45) is 5.37. The second-order valence-corrected chi connectivity index (χ2v) is 9.09. The Hall–Kier alpha value is -2.43. The molecule has 1 aliphatic heterocycles. The minimum Gasteiger partial charge on any atom is -0.354 e. The van der Waals surface area contributed by atoms with Gasteiger partial charge in [0, 0.05) is 50.2 Å². The van der Waals surface area contributed by atoms with Crippen LogP contribution in [0.5, 0.6) is 0 Å². The lowest BCUT2D eigenvalue weighted by atomic mass is 9.89. The van der Waals surface area contributed by atoms with Crippen molar-refractivity contribution in [2.45, 2.75) is 32.6 Å². The third kappa shape index (κ3) is 4.60. The van der Waals surface area contributed by atoms with Crippen LogP contribution in [0.3, 0.4) is 0 Å². The molecular weight excluding hydrogens is 382 g/mol. The van der Waals surface area contributed by atoms with E-state index in [2.05, 4.69) is 33.1 Å². The van der Waals surface area contributed by atoms with Crippen LogP contribution in [0.1, 0.15) is 35.8 Å². The molecule has 1 fully saturated rings. The first-order chi connectivity index (χ1) is 14.1. The lowest BCUT2D eigenvalue weighted by molar-refractivity contribution is -0.116. The molecule has 1 aliphatic carbocycles. The molecule has 6 nitrogen and oxygen atoms in total. The number of piperazine rings is 1. The Morgan fingerprint density at radius 2 is 2.17 bits per heavy atom. The molecular formula is C22H27N5OS. The predicted molar refractivity (Wildman–Crippen MR) is 116 cm³/mol. The van der Waals surface area contributed by atoms with Gasteiger partial charge >= 0.3 is 0 Å². The number of aromatic nitrogens is 1. The Morgan fingerprint density at radius 3 is 2.90 bits per heavy atom. The van der Waals surface area contributed by atoms with Crippen molar-refractivity contribution in [1.82, 2.24) is 9.88 Å². The first kappa shape index (κ1) is 19.9. The molecule has 152 valence electrons. The number of nitrogens with one attached hydrogen (secondary N) is 1. The van der Waals surface area contributed by atoms with Crippen molar-refractivity contribution in [3.8, 4) is 6.07 Å². The zero-order chi connectivity index (χ0) is 20.2. The van der Waals surface area contributed by atoms with Crippen LogP contribution in [0.25, 0.3) is 0 Å². The highest BCUT2D eigenvalue weighted by Gasteiger charge is 2.25. The monoisotopic (exact) mass is 409 g/mol. The van der Waals surface area contributed by atoms with E-state index in [1.165, 1.54) is 4.88 Å². The van der Waals surface area contributed by atoms with Crippen LogP contribution in [0, 0.1) is 17.2 Å². The maximum absolute atomic E-state index is 12.5. The van der Waals surface area contributed by atoms with Crippen molar-refractivity contribution in [2.24, 2.45) is 5.92 Å². The molecule has 29 heavy (non-hydrogen) atoms. The lowest BCUT2D eigenvalue weighted by Crippen LogP contribution is -2.47. The molecule has 0 saturated carbocycles. The summed E-state index contributed by atoms with van der Waals surface area (Å²) in [6, 6.07) is 8.31. The molecule has 7 heteroatoms. The van der Waals surface area contributed by atoms with Gasteiger partial charge in [-0.25, -0.2) is 4.98 Å². The quantitative estimate of drug-likeness (QED) is 0.820. The van der Waals surface area contributed by atoms with Gasteiger partial charge in [0.2, 0.25) is 5.91 Å². The lowest BCUT2D eigenvalue weighted by Gasteiger charge is -2.35. The number of pyridine rings is 1. The molecule has 1 amide bonds. The van der Waals surface area contributed by atoms with Gasteiger partial charge in [0.15, 0.2) is 0 Å². The van der Waals surface area contributed by atoms with E-state index >= 15 is 0 Å². The van der Waals surface area contributed by atoms with Crippen molar-refractivity contribution in [1.29, 1.82) is 5.26 Å². The number of hydrogen-bond donors (Lipinski definition) is 1. The number of nitriles is 1. The molecule has 1 atom stereocenters.